The Balaban J connectivity index is 2.91. The zero-order chi connectivity index (χ0) is 8.97. The third kappa shape index (κ3) is 2.21. The van der Waals surface area contributed by atoms with Crippen LogP contribution in [0, 0.1) is 6.20 Å². The van der Waals surface area contributed by atoms with Crippen LogP contribution in [-0.2, 0) is 19.4 Å². The Bertz CT molecular complexity index is 288. The first-order valence-electron chi connectivity index (χ1n) is 3.70. The molecular weight excluding hydrogens is 322 g/mol. The molecule has 1 aromatic rings. The summed E-state index contributed by atoms with van der Waals surface area (Å²) in [6.45, 7) is 4.14. The van der Waals surface area contributed by atoms with Crippen LogP contribution >= 0.6 is 0 Å². The van der Waals surface area contributed by atoms with Gasteiger partial charge in [0.2, 0.25) is 0 Å². The van der Waals surface area contributed by atoms with Crippen molar-refractivity contribution in [1.82, 2.24) is 15.0 Å². The molecule has 0 N–H and O–H groups in total. The Morgan fingerprint density at radius 3 is 2.92 bits per heavy atom. The van der Waals surface area contributed by atoms with Crippen molar-refractivity contribution >= 4 is 10.5 Å². The second kappa shape index (κ2) is 4.46. The molecule has 0 spiro atoms. The van der Waals surface area contributed by atoms with E-state index in [4.69, 9.17) is 0 Å². The van der Waals surface area contributed by atoms with E-state index < -0.39 is 0 Å². The van der Waals surface area contributed by atoms with Gasteiger partial charge in [0.15, 0.2) is 0 Å². The summed E-state index contributed by atoms with van der Waals surface area (Å²) in [4.78, 5) is 0. The number of hydrogen-bond acceptors (Lipinski definition) is 2. The fraction of sp³-hybridized carbons (Fsp3) is 0.375. The third-order valence-electron chi connectivity index (χ3n) is 1.37. The van der Waals surface area contributed by atoms with Crippen LogP contribution in [0.4, 0.5) is 0 Å². The molecule has 0 saturated carbocycles. The minimum atomic E-state index is 0.340. The Hall–Kier alpha value is -0.562. The van der Waals surface area contributed by atoms with Gasteiger partial charge in [0.1, 0.15) is 0 Å². The van der Waals surface area contributed by atoms with Gasteiger partial charge in [0.25, 0.3) is 0 Å². The van der Waals surface area contributed by atoms with Crippen molar-refractivity contribution in [3.63, 3.8) is 0 Å². The predicted molar refractivity (Wildman–Crippen MR) is 44.3 cm³/mol. The number of rotatable bonds is 3. The number of aromatic nitrogens is 3. The molecule has 64 valence electrons. The number of allylic oxidation sites excluding steroid dienone is 1. The molecule has 0 aliphatic carbocycles. The molecule has 0 amide bonds. The molecule has 1 rings (SSSR count). The Morgan fingerprint density at radius 1 is 1.58 bits per heavy atom. The summed E-state index contributed by atoms with van der Waals surface area (Å²) in [5, 5.41) is 7.65. The quantitative estimate of drug-likeness (QED) is 0.774. The van der Waals surface area contributed by atoms with Gasteiger partial charge in [-0.3, -0.25) is 0 Å². The summed E-state index contributed by atoms with van der Waals surface area (Å²) < 4.78 is 3.89. The summed E-state index contributed by atoms with van der Waals surface area (Å²) in [7, 11) is 0. The van der Waals surface area contributed by atoms with Gasteiger partial charge in [-0.05, 0) is 0 Å². The van der Waals surface area contributed by atoms with E-state index in [1.54, 1.807) is 0 Å². The maximum atomic E-state index is 3.92. The van der Waals surface area contributed by atoms with Gasteiger partial charge in [-0.1, -0.05) is 0 Å². The van der Waals surface area contributed by atoms with Gasteiger partial charge < -0.3 is 0 Å². The van der Waals surface area contributed by atoms with Crippen molar-refractivity contribution in [3.8, 4) is 0 Å². The Morgan fingerprint density at radius 2 is 2.33 bits per heavy atom. The molecule has 0 aromatic carbocycles. The molecule has 12 heavy (non-hydrogen) atoms. The van der Waals surface area contributed by atoms with Gasteiger partial charge in [-0.25, -0.2) is 0 Å². The Labute approximate surface area is 82.9 Å². The van der Waals surface area contributed by atoms with E-state index in [1.807, 2.05) is 21.2 Å². The van der Waals surface area contributed by atoms with Crippen LogP contribution in [0.1, 0.15) is 25.6 Å². The zero-order valence-electron chi connectivity index (χ0n) is 7.06. The van der Waals surface area contributed by atoms with E-state index in [0.717, 1.165) is 5.69 Å². The zero-order valence-corrected chi connectivity index (χ0v) is 9.99. The molecule has 4 heteroatoms. The van der Waals surface area contributed by atoms with Gasteiger partial charge in [0.05, 0.1) is 0 Å². The number of nitrogens with zero attached hydrogens (tertiary/aromatic N) is 3. The number of hydrogen-bond donors (Lipinski definition) is 0. The van der Waals surface area contributed by atoms with Crippen LogP contribution in [0.15, 0.2) is 6.08 Å². The molecule has 1 heterocycles. The monoisotopic (exact) mass is 332 g/mol. The van der Waals surface area contributed by atoms with E-state index in [9.17, 15) is 0 Å². The third-order valence-corrected chi connectivity index (χ3v) is 1.94. The molecule has 0 atom stereocenters. The van der Waals surface area contributed by atoms with E-state index in [0.29, 0.717) is 6.04 Å². The summed E-state index contributed by atoms with van der Waals surface area (Å²) >= 11 is 1.44. The second-order valence-electron chi connectivity index (χ2n) is 2.62. The molecule has 0 aliphatic heterocycles. The average molecular weight is 332 g/mol. The van der Waals surface area contributed by atoms with Gasteiger partial charge in [0, 0.05) is 0 Å². The maximum absolute atomic E-state index is 3.92. The van der Waals surface area contributed by atoms with Gasteiger partial charge >= 0.3 is 82.7 Å². The standard InChI is InChI=1S/C8H10N3.W/c1-4-5-8-6-9-10-11(8)7(2)3;/h1,4-5,7H,2-3H3;/q-1;/b5-4-;. The van der Waals surface area contributed by atoms with Gasteiger partial charge in [-0.2, -0.15) is 0 Å². The summed E-state index contributed by atoms with van der Waals surface area (Å²) in [6, 6.07) is 0.340. The molecular formula is C8H10N3W-. The van der Waals surface area contributed by atoms with Crippen LogP contribution in [0.5, 0.6) is 0 Å². The van der Waals surface area contributed by atoms with E-state index >= 15 is 0 Å². The fourth-order valence-electron chi connectivity index (χ4n) is 0.847. The average Bonchev–Trinajstić information content (AvgIpc) is 2.48. The predicted octanol–water partition coefficient (Wildman–Crippen LogP) is 1.02. The van der Waals surface area contributed by atoms with Crippen molar-refractivity contribution in [3.05, 3.63) is 18.0 Å². The molecule has 0 fully saturated rings. The molecule has 0 radical (unpaired) electrons. The van der Waals surface area contributed by atoms with E-state index in [2.05, 4.69) is 30.4 Å². The molecule has 0 unspecified atom stereocenters. The van der Waals surface area contributed by atoms with Crippen LogP contribution in [0.3, 0.4) is 0 Å². The molecule has 0 saturated heterocycles. The van der Waals surface area contributed by atoms with Crippen LogP contribution in [-0.4, -0.2) is 19.4 Å². The normalized spacial score (nSPS) is 11.2. The molecule has 0 aliphatic rings. The summed E-state index contributed by atoms with van der Waals surface area (Å²) in [5.74, 6) is 0. The van der Waals surface area contributed by atoms with E-state index in [1.165, 1.54) is 19.4 Å². The summed E-state index contributed by atoms with van der Waals surface area (Å²) in [5.41, 5.74) is 0.933. The molecule has 3 nitrogen and oxygen atoms in total. The van der Waals surface area contributed by atoms with Crippen molar-refractivity contribution < 1.29 is 19.4 Å². The first kappa shape index (κ1) is 9.53. The topological polar surface area (TPSA) is 30.7 Å². The first-order valence-corrected chi connectivity index (χ1v) is 5.39. The first-order chi connectivity index (χ1) is 5.75. The van der Waals surface area contributed by atoms with Crippen molar-refractivity contribution in [2.45, 2.75) is 19.9 Å². The van der Waals surface area contributed by atoms with Gasteiger partial charge in [-0.15, -0.1) is 0 Å². The fourth-order valence-corrected chi connectivity index (χ4v) is 1.13. The van der Waals surface area contributed by atoms with Crippen LogP contribution in [0.25, 0.3) is 6.08 Å². The van der Waals surface area contributed by atoms with Crippen molar-refractivity contribution in [1.29, 1.82) is 0 Å². The minimum absolute atomic E-state index is 0.340. The van der Waals surface area contributed by atoms with Crippen LogP contribution < -0.4 is 0 Å². The molecule has 1 aromatic heterocycles. The van der Waals surface area contributed by atoms with E-state index in [-0.39, 0.29) is 0 Å². The Kier molecular flexibility index (Phi) is 3.54. The van der Waals surface area contributed by atoms with Crippen molar-refractivity contribution in [2.75, 3.05) is 0 Å². The SMILES string of the molecule is CC(C)n1nn[c-]c1/C=C\[CH]=[W]. The van der Waals surface area contributed by atoms with Crippen molar-refractivity contribution in [2.24, 2.45) is 0 Å². The van der Waals surface area contributed by atoms with Crippen LogP contribution in [0.2, 0.25) is 0 Å². The molecule has 0 bridgehead atoms. The summed E-state index contributed by atoms with van der Waals surface area (Å²) in [6.07, 6.45) is 6.78. The second-order valence-corrected chi connectivity index (χ2v) is 3.60.